The molecule has 1 fully saturated rings. The average Bonchev–Trinajstić information content (AvgIpc) is 2.76. The number of anilines is 2. The third kappa shape index (κ3) is 4.32. The lowest BCUT2D eigenvalue weighted by atomic mass is 9.99. The van der Waals surface area contributed by atoms with Crippen molar-refractivity contribution in [2.45, 2.75) is 13.3 Å². The maximum absolute atomic E-state index is 13.0. The van der Waals surface area contributed by atoms with Gasteiger partial charge in [0.05, 0.1) is 15.7 Å². The monoisotopic (exact) mass is 471 g/mol. The van der Waals surface area contributed by atoms with Crippen LogP contribution >= 0.6 is 23.2 Å². The largest absolute Gasteiger partial charge is 0.455 e. The predicted molar refractivity (Wildman–Crippen MR) is 123 cm³/mol. The summed E-state index contributed by atoms with van der Waals surface area (Å²) < 4.78 is 5.68. The van der Waals surface area contributed by atoms with Crippen molar-refractivity contribution in [1.29, 1.82) is 0 Å². The summed E-state index contributed by atoms with van der Waals surface area (Å²) in [7, 11) is 0. The van der Waals surface area contributed by atoms with Gasteiger partial charge in [0.25, 0.3) is 11.8 Å². The van der Waals surface area contributed by atoms with Gasteiger partial charge in [-0.1, -0.05) is 41.9 Å². The predicted octanol–water partition coefficient (Wildman–Crippen LogP) is 4.10. The molecule has 0 atom stereocenters. The second kappa shape index (κ2) is 9.02. The van der Waals surface area contributed by atoms with E-state index in [4.69, 9.17) is 27.9 Å². The summed E-state index contributed by atoms with van der Waals surface area (Å²) in [5, 5.41) is 6.47. The Morgan fingerprint density at radius 3 is 2.81 bits per heavy atom. The van der Waals surface area contributed by atoms with Gasteiger partial charge < -0.3 is 15.4 Å². The van der Waals surface area contributed by atoms with Crippen LogP contribution in [0.15, 0.2) is 60.0 Å². The van der Waals surface area contributed by atoms with E-state index in [-0.39, 0.29) is 35.9 Å². The molecule has 0 radical (unpaired) electrons. The SMILES string of the molecule is C=C1C(=O)NCC/C1=C/C=C(\C)Nc1ncc2c(n1)OCN(c1c(Cl)cccc1Cl)C2=O. The highest BCUT2D eigenvalue weighted by molar-refractivity contribution is 6.40. The van der Waals surface area contributed by atoms with Gasteiger partial charge in [-0.25, -0.2) is 4.98 Å². The van der Waals surface area contributed by atoms with E-state index < -0.39 is 0 Å². The fraction of sp³-hybridized carbons (Fsp3) is 0.182. The Kier molecular flexibility index (Phi) is 6.16. The van der Waals surface area contributed by atoms with E-state index in [0.717, 1.165) is 11.3 Å². The van der Waals surface area contributed by atoms with Crippen LogP contribution in [0.2, 0.25) is 10.0 Å². The fourth-order valence-corrected chi connectivity index (χ4v) is 3.87. The molecule has 10 heteroatoms. The van der Waals surface area contributed by atoms with E-state index in [1.807, 2.05) is 19.1 Å². The smallest absolute Gasteiger partial charge is 0.268 e. The Bertz CT molecular complexity index is 1170. The summed E-state index contributed by atoms with van der Waals surface area (Å²) in [5.74, 6) is -0.0871. The Hall–Kier alpha value is -3.36. The molecule has 4 rings (SSSR count). The summed E-state index contributed by atoms with van der Waals surface area (Å²) in [5.41, 5.74) is 2.64. The highest BCUT2D eigenvalue weighted by Gasteiger charge is 2.31. The molecule has 8 nitrogen and oxygen atoms in total. The molecule has 0 saturated carbocycles. The number of fused-ring (bicyclic) bond motifs is 1. The van der Waals surface area contributed by atoms with Crippen molar-refractivity contribution >= 4 is 46.7 Å². The number of rotatable bonds is 4. The highest BCUT2D eigenvalue weighted by Crippen LogP contribution is 2.36. The normalized spacial score (nSPS) is 17.7. The number of carbonyl (C=O) groups is 2. The number of nitrogens with one attached hydrogen (secondary N) is 2. The third-order valence-electron chi connectivity index (χ3n) is 4.95. The molecule has 2 aromatic rings. The van der Waals surface area contributed by atoms with Crippen molar-refractivity contribution in [3.8, 4) is 5.88 Å². The molecule has 1 aromatic carbocycles. The van der Waals surface area contributed by atoms with Crippen molar-refractivity contribution < 1.29 is 14.3 Å². The molecule has 32 heavy (non-hydrogen) atoms. The number of piperidine rings is 1. The molecule has 2 aliphatic rings. The van der Waals surface area contributed by atoms with Gasteiger partial charge in [0, 0.05) is 24.0 Å². The van der Waals surface area contributed by atoms with Crippen molar-refractivity contribution in [3.63, 3.8) is 0 Å². The van der Waals surface area contributed by atoms with Crippen LogP contribution in [-0.2, 0) is 4.79 Å². The van der Waals surface area contributed by atoms with Crippen LogP contribution in [0.4, 0.5) is 11.6 Å². The van der Waals surface area contributed by atoms with Crippen molar-refractivity contribution in [3.05, 3.63) is 75.6 Å². The summed E-state index contributed by atoms with van der Waals surface area (Å²) in [6.07, 6.45) is 5.76. The molecule has 1 saturated heterocycles. The van der Waals surface area contributed by atoms with Crippen LogP contribution in [0.1, 0.15) is 23.7 Å². The quantitative estimate of drug-likeness (QED) is 0.651. The van der Waals surface area contributed by atoms with E-state index in [2.05, 4.69) is 27.2 Å². The third-order valence-corrected chi connectivity index (χ3v) is 5.56. The number of aromatic nitrogens is 2. The number of ether oxygens (including phenoxy) is 1. The van der Waals surface area contributed by atoms with Crippen LogP contribution in [0.5, 0.6) is 5.88 Å². The number of halogens is 2. The van der Waals surface area contributed by atoms with Gasteiger partial charge in [-0.3, -0.25) is 14.5 Å². The fourth-order valence-electron chi connectivity index (χ4n) is 3.27. The number of nitrogens with zero attached hydrogens (tertiary/aromatic N) is 3. The first kappa shape index (κ1) is 21.9. The maximum atomic E-state index is 13.0. The van der Waals surface area contributed by atoms with Crippen LogP contribution in [-0.4, -0.2) is 35.1 Å². The van der Waals surface area contributed by atoms with E-state index in [9.17, 15) is 9.59 Å². The number of benzene rings is 1. The van der Waals surface area contributed by atoms with E-state index in [1.54, 1.807) is 18.2 Å². The second-order valence-corrected chi connectivity index (χ2v) is 7.95. The van der Waals surface area contributed by atoms with Crippen LogP contribution in [0.25, 0.3) is 0 Å². The highest BCUT2D eigenvalue weighted by atomic mass is 35.5. The summed E-state index contributed by atoms with van der Waals surface area (Å²) in [4.78, 5) is 34.5. The van der Waals surface area contributed by atoms with Gasteiger partial charge in [0.2, 0.25) is 11.8 Å². The molecule has 0 unspecified atom stereocenters. The lowest BCUT2D eigenvalue weighted by molar-refractivity contribution is -0.117. The Labute approximate surface area is 194 Å². The second-order valence-electron chi connectivity index (χ2n) is 7.14. The number of allylic oxidation sites excluding steroid dienone is 3. The van der Waals surface area contributed by atoms with Crippen LogP contribution in [0.3, 0.4) is 0 Å². The molecule has 164 valence electrons. The molecule has 1 aromatic heterocycles. The first-order chi connectivity index (χ1) is 15.3. The molecule has 2 N–H and O–H groups in total. The van der Waals surface area contributed by atoms with Gasteiger partial charge >= 0.3 is 0 Å². The van der Waals surface area contributed by atoms with E-state index in [1.165, 1.54) is 11.1 Å². The van der Waals surface area contributed by atoms with Gasteiger partial charge in [-0.2, -0.15) is 4.98 Å². The number of para-hydroxylation sites is 1. The topological polar surface area (TPSA) is 96.4 Å². The molecule has 0 bridgehead atoms. The van der Waals surface area contributed by atoms with Crippen molar-refractivity contribution in [1.82, 2.24) is 15.3 Å². The molecule has 2 aliphatic heterocycles. The number of amides is 2. The first-order valence-corrected chi connectivity index (χ1v) is 10.5. The summed E-state index contributed by atoms with van der Waals surface area (Å²) in [6, 6.07) is 4.99. The molecule has 0 spiro atoms. The molecule has 0 aliphatic carbocycles. The maximum Gasteiger partial charge on any atom is 0.268 e. The standard InChI is InChI=1S/C22H19Cl2N5O3/c1-12(6-7-14-8-9-25-19(30)13(14)2)27-22-26-10-15-20(28-22)32-11-29(21(15)31)18-16(23)4-3-5-17(18)24/h3-7,10H,2,8-9,11H2,1H3,(H,25,30)(H,26,27,28)/b12-6+,14-7-. The number of hydrogen-bond acceptors (Lipinski definition) is 6. The first-order valence-electron chi connectivity index (χ1n) is 9.73. The number of carbonyl (C=O) groups excluding carboxylic acids is 2. The Balaban J connectivity index is 1.51. The minimum Gasteiger partial charge on any atom is -0.455 e. The molecular weight excluding hydrogens is 453 g/mol. The molecular formula is C22H19Cl2N5O3. The van der Waals surface area contributed by atoms with Gasteiger partial charge in [0.15, 0.2) is 6.73 Å². The van der Waals surface area contributed by atoms with E-state index >= 15 is 0 Å². The minimum atomic E-state index is -0.362. The molecule has 3 heterocycles. The average molecular weight is 472 g/mol. The van der Waals surface area contributed by atoms with Crippen molar-refractivity contribution in [2.75, 3.05) is 23.5 Å². The van der Waals surface area contributed by atoms with Gasteiger partial charge in [-0.15, -0.1) is 0 Å². The Morgan fingerprint density at radius 2 is 2.06 bits per heavy atom. The summed E-state index contributed by atoms with van der Waals surface area (Å²) >= 11 is 12.5. The zero-order valence-electron chi connectivity index (χ0n) is 17.1. The lowest BCUT2D eigenvalue weighted by Gasteiger charge is -2.29. The lowest BCUT2D eigenvalue weighted by Crippen LogP contribution is -2.39. The Morgan fingerprint density at radius 1 is 1.31 bits per heavy atom. The van der Waals surface area contributed by atoms with E-state index in [0.29, 0.717) is 34.3 Å². The minimum absolute atomic E-state index is 0.0865. The summed E-state index contributed by atoms with van der Waals surface area (Å²) in [6.45, 7) is 6.14. The van der Waals surface area contributed by atoms with Crippen LogP contribution in [0, 0.1) is 0 Å². The zero-order valence-corrected chi connectivity index (χ0v) is 18.6. The van der Waals surface area contributed by atoms with Gasteiger partial charge in [0.1, 0.15) is 5.56 Å². The van der Waals surface area contributed by atoms with Gasteiger partial charge in [-0.05, 0) is 37.1 Å². The zero-order chi connectivity index (χ0) is 22.8. The molecule has 2 amide bonds. The van der Waals surface area contributed by atoms with Crippen molar-refractivity contribution in [2.24, 2.45) is 0 Å². The van der Waals surface area contributed by atoms with Crippen LogP contribution < -0.4 is 20.3 Å². The number of hydrogen-bond donors (Lipinski definition) is 2.